The first-order chi connectivity index (χ1) is 8.79. The van der Waals surface area contributed by atoms with E-state index in [0.29, 0.717) is 16.3 Å². The minimum absolute atomic E-state index is 0.142. The Balaban J connectivity index is 2.43. The smallest absolute Gasteiger partial charge is 0.178 e. The van der Waals surface area contributed by atoms with E-state index in [1.54, 1.807) is 25.1 Å². The number of benzene rings is 1. The Kier molecular flexibility index (Phi) is 3.66. The molecule has 1 heterocycles. The van der Waals surface area contributed by atoms with E-state index in [9.17, 15) is 13.5 Å². The number of hydrogen-bond donors (Lipinski definition) is 1. The largest absolute Gasteiger partial charge is 0.389 e. The molecule has 2 rings (SSSR count). The van der Waals surface area contributed by atoms with E-state index in [0.717, 1.165) is 6.26 Å². The Morgan fingerprint density at radius 1 is 1.42 bits per heavy atom. The molecule has 0 unspecified atom stereocenters. The van der Waals surface area contributed by atoms with Crippen molar-refractivity contribution in [2.45, 2.75) is 17.9 Å². The molecule has 0 aliphatic rings. The molecule has 0 fully saturated rings. The first-order valence-corrected chi connectivity index (χ1v) is 7.78. The number of sulfone groups is 1. The van der Waals surface area contributed by atoms with Crippen LogP contribution in [0.2, 0.25) is 5.02 Å². The van der Waals surface area contributed by atoms with Crippen molar-refractivity contribution in [1.29, 1.82) is 0 Å². The monoisotopic (exact) mass is 300 g/mol. The quantitative estimate of drug-likeness (QED) is 0.941. The van der Waals surface area contributed by atoms with Gasteiger partial charge < -0.3 is 5.11 Å². The standard InChI is InChI=1S/C12H13ClN2O3S/c1-8(16)11-4-3-9(5-12(11)13)15-7-10(6-14-15)19(2,17)18/h3-8,16H,1-2H3/t8-/m1/s1. The van der Waals surface area contributed by atoms with Crippen LogP contribution in [0.3, 0.4) is 0 Å². The predicted octanol–water partition coefficient (Wildman–Crippen LogP) is 1.98. The summed E-state index contributed by atoms with van der Waals surface area (Å²) in [6.07, 6.45) is 3.16. The molecule has 19 heavy (non-hydrogen) atoms. The molecule has 7 heteroatoms. The highest BCUT2D eigenvalue weighted by molar-refractivity contribution is 7.90. The van der Waals surface area contributed by atoms with Crippen LogP contribution in [-0.4, -0.2) is 29.6 Å². The summed E-state index contributed by atoms with van der Waals surface area (Å²) in [6, 6.07) is 5.03. The summed E-state index contributed by atoms with van der Waals surface area (Å²) in [4.78, 5) is 0.142. The maximum absolute atomic E-state index is 11.4. The van der Waals surface area contributed by atoms with Gasteiger partial charge >= 0.3 is 0 Å². The number of hydrogen-bond acceptors (Lipinski definition) is 4. The first-order valence-electron chi connectivity index (χ1n) is 5.51. The molecule has 1 aromatic heterocycles. The second-order valence-corrected chi connectivity index (χ2v) is 6.70. The van der Waals surface area contributed by atoms with Gasteiger partial charge in [-0.25, -0.2) is 13.1 Å². The van der Waals surface area contributed by atoms with Gasteiger partial charge in [0.1, 0.15) is 4.90 Å². The van der Waals surface area contributed by atoms with Crippen molar-refractivity contribution in [3.05, 3.63) is 41.2 Å². The van der Waals surface area contributed by atoms with E-state index in [-0.39, 0.29) is 4.90 Å². The minimum Gasteiger partial charge on any atom is -0.389 e. The van der Waals surface area contributed by atoms with Gasteiger partial charge in [-0.1, -0.05) is 17.7 Å². The molecule has 0 aliphatic carbocycles. The van der Waals surface area contributed by atoms with Crippen LogP contribution in [0.25, 0.3) is 5.69 Å². The summed E-state index contributed by atoms with van der Waals surface area (Å²) in [5.74, 6) is 0. The summed E-state index contributed by atoms with van der Waals surface area (Å²) < 4.78 is 24.2. The molecule has 1 N–H and O–H groups in total. The molecule has 0 aliphatic heterocycles. The summed E-state index contributed by atoms with van der Waals surface area (Å²) in [6.45, 7) is 1.62. The van der Waals surface area contributed by atoms with Crippen LogP contribution in [0, 0.1) is 0 Å². The zero-order chi connectivity index (χ0) is 14.2. The summed E-state index contributed by atoms with van der Waals surface area (Å²) in [5, 5.41) is 13.9. The molecule has 1 atom stereocenters. The first kappa shape index (κ1) is 14.0. The second kappa shape index (κ2) is 4.96. The van der Waals surface area contributed by atoms with Crippen molar-refractivity contribution in [1.82, 2.24) is 9.78 Å². The fourth-order valence-electron chi connectivity index (χ4n) is 1.64. The molecular formula is C12H13ClN2O3S. The Labute approximate surface area is 116 Å². The number of nitrogens with zero attached hydrogens (tertiary/aromatic N) is 2. The average Bonchev–Trinajstić information content (AvgIpc) is 2.76. The van der Waals surface area contributed by atoms with E-state index < -0.39 is 15.9 Å². The lowest BCUT2D eigenvalue weighted by Crippen LogP contribution is -1.98. The van der Waals surface area contributed by atoms with E-state index in [1.165, 1.54) is 17.1 Å². The van der Waals surface area contributed by atoms with Crippen molar-refractivity contribution in [3.63, 3.8) is 0 Å². The fourth-order valence-corrected chi connectivity index (χ4v) is 2.50. The molecule has 0 spiro atoms. The van der Waals surface area contributed by atoms with Gasteiger partial charge in [0.2, 0.25) is 0 Å². The minimum atomic E-state index is -3.28. The number of aliphatic hydroxyl groups is 1. The highest BCUT2D eigenvalue weighted by Crippen LogP contribution is 2.25. The number of aromatic nitrogens is 2. The average molecular weight is 301 g/mol. The van der Waals surface area contributed by atoms with Crippen molar-refractivity contribution in [2.75, 3.05) is 6.26 Å². The molecule has 2 aromatic rings. The van der Waals surface area contributed by atoms with E-state index in [4.69, 9.17) is 11.6 Å². The second-order valence-electron chi connectivity index (χ2n) is 4.27. The molecular weight excluding hydrogens is 288 g/mol. The topological polar surface area (TPSA) is 72.2 Å². The Morgan fingerprint density at radius 3 is 2.58 bits per heavy atom. The van der Waals surface area contributed by atoms with Gasteiger partial charge in [0.25, 0.3) is 0 Å². The molecule has 0 amide bonds. The third-order valence-corrected chi connectivity index (χ3v) is 4.08. The number of halogens is 1. The molecule has 102 valence electrons. The van der Waals surface area contributed by atoms with Gasteiger partial charge in [0.15, 0.2) is 9.84 Å². The third kappa shape index (κ3) is 2.97. The van der Waals surface area contributed by atoms with Crippen LogP contribution in [0.15, 0.2) is 35.5 Å². The van der Waals surface area contributed by atoms with Gasteiger partial charge in [-0.05, 0) is 24.6 Å². The van der Waals surface area contributed by atoms with Gasteiger partial charge in [-0.2, -0.15) is 5.10 Å². The maximum Gasteiger partial charge on any atom is 0.178 e. The van der Waals surface area contributed by atoms with E-state index in [2.05, 4.69) is 5.10 Å². The Morgan fingerprint density at radius 2 is 2.11 bits per heavy atom. The fraction of sp³-hybridized carbons (Fsp3) is 0.250. The maximum atomic E-state index is 11.4. The molecule has 0 radical (unpaired) electrons. The van der Waals surface area contributed by atoms with Crippen LogP contribution in [0.1, 0.15) is 18.6 Å². The van der Waals surface area contributed by atoms with Gasteiger partial charge in [-0.15, -0.1) is 0 Å². The summed E-state index contributed by atoms with van der Waals surface area (Å²) in [7, 11) is -3.28. The zero-order valence-electron chi connectivity index (χ0n) is 10.4. The summed E-state index contributed by atoms with van der Waals surface area (Å²) in [5.41, 5.74) is 1.24. The van der Waals surface area contributed by atoms with Crippen LogP contribution < -0.4 is 0 Å². The molecule has 0 saturated carbocycles. The molecule has 5 nitrogen and oxygen atoms in total. The molecule has 1 aromatic carbocycles. The Hall–Kier alpha value is -1.37. The zero-order valence-corrected chi connectivity index (χ0v) is 12.0. The lowest BCUT2D eigenvalue weighted by atomic mass is 10.1. The SMILES string of the molecule is C[C@@H](O)c1ccc(-n2cc(S(C)(=O)=O)cn2)cc1Cl. The highest BCUT2D eigenvalue weighted by Gasteiger charge is 2.12. The molecule has 0 bridgehead atoms. The lowest BCUT2D eigenvalue weighted by Gasteiger charge is -2.09. The molecule has 0 saturated heterocycles. The van der Waals surface area contributed by atoms with E-state index in [1.807, 2.05) is 0 Å². The number of aliphatic hydroxyl groups excluding tert-OH is 1. The van der Waals surface area contributed by atoms with Gasteiger partial charge in [-0.3, -0.25) is 0 Å². The van der Waals surface area contributed by atoms with Crippen LogP contribution in [-0.2, 0) is 9.84 Å². The predicted molar refractivity (Wildman–Crippen MR) is 72.3 cm³/mol. The van der Waals surface area contributed by atoms with Crippen molar-refractivity contribution >= 4 is 21.4 Å². The van der Waals surface area contributed by atoms with Gasteiger partial charge in [0, 0.05) is 17.5 Å². The third-order valence-electron chi connectivity index (χ3n) is 2.69. The summed E-state index contributed by atoms with van der Waals surface area (Å²) >= 11 is 6.05. The van der Waals surface area contributed by atoms with Crippen molar-refractivity contribution < 1.29 is 13.5 Å². The normalized spacial score (nSPS) is 13.5. The van der Waals surface area contributed by atoms with Crippen LogP contribution in [0.4, 0.5) is 0 Å². The van der Waals surface area contributed by atoms with Crippen molar-refractivity contribution in [2.24, 2.45) is 0 Å². The van der Waals surface area contributed by atoms with E-state index >= 15 is 0 Å². The lowest BCUT2D eigenvalue weighted by molar-refractivity contribution is 0.199. The van der Waals surface area contributed by atoms with Gasteiger partial charge in [0.05, 0.1) is 18.0 Å². The number of rotatable bonds is 3. The van der Waals surface area contributed by atoms with Crippen molar-refractivity contribution in [3.8, 4) is 5.69 Å². The van der Waals surface area contributed by atoms with Crippen LogP contribution >= 0.6 is 11.6 Å². The Bertz CT molecular complexity index is 708. The highest BCUT2D eigenvalue weighted by atomic mass is 35.5. The van der Waals surface area contributed by atoms with Crippen LogP contribution in [0.5, 0.6) is 0 Å².